The maximum atomic E-state index is 12.1. The number of pyridine rings is 1. The van der Waals surface area contributed by atoms with Crippen LogP contribution in [0, 0.1) is 11.3 Å². The van der Waals surface area contributed by atoms with Gasteiger partial charge >= 0.3 is 5.97 Å². The number of hydrogen-bond donors (Lipinski definition) is 1. The molecule has 0 spiro atoms. The summed E-state index contributed by atoms with van der Waals surface area (Å²) in [5.41, 5.74) is 5.84. The molecule has 140 valence electrons. The van der Waals surface area contributed by atoms with Crippen molar-refractivity contribution in [3.05, 3.63) is 75.3 Å². The Kier molecular flexibility index (Phi) is 5.23. The Morgan fingerprint density at radius 2 is 1.86 bits per heavy atom. The van der Waals surface area contributed by atoms with Crippen molar-refractivity contribution >= 4 is 17.3 Å². The number of fused-ring (bicyclic) bond motifs is 1. The van der Waals surface area contributed by atoms with Crippen LogP contribution in [0.3, 0.4) is 0 Å². The van der Waals surface area contributed by atoms with Crippen LogP contribution < -0.4 is 0 Å². The molecule has 1 aliphatic rings. The van der Waals surface area contributed by atoms with Crippen molar-refractivity contribution in [3.8, 4) is 16.6 Å². The number of nitriles is 1. The van der Waals surface area contributed by atoms with Gasteiger partial charge in [0.05, 0.1) is 33.5 Å². The Morgan fingerprint density at radius 1 is 1.11 bits per heavy atom. The van der Waals surface area contributed by atoms with Crippen molar-refractivity contribution < 1.29 is 9.90 Å². The molecule has 4 rings (SSSR count). The number of aryl methyl sites for hydroxylation is 2. The zero-order valence-electron chi connectivity index (χ0n) is 15.4. The molecule has 2 heterocycles. The summed E-state index contributed by atoms with van der Waals surface area (Å²) in [7, 11) is 0. The second kappa shape index (κ2) is 7.95. The third kappa shape index (κ3) is 3.56. The summed E-state index contributed by atoms with van der Waals surface area (Å²) < 4.78 is 0. The highest BCUT2D eigenvalue weighted by atomic mass is 32.1. The number of benzene rings is 1. The standard InChI is InChI=1S/C23H20N2O2S/c24-14-16-9-7-15(8-10-16)11-12-19-21(23(26)27)17-4-1-2-5-18(17)22(25-19)20-6-3-13-28-20/h3,6-10,13H,1-2,4-5,11-12H2,(H,26,27). The van der Waals surface area contributed by atoms with Crippen LogP contribution in [-0.4, -0.2) is 16.1 Å². The summed E-state index contributed by atoms with van der Waals surface area (Å²) in [6.45, 7) is 0. The minimum atomic E-state index is -0.877. The first-order chi connectivity index (χ1) is 13.7. The minimum absolute atomic E-state index is 0.406. The Morgan fingerprint density at radius 3 is 2.50 bits per heavy atom. The average molecular weight is 388 g/mol. The number of thiophene rings is 1. The first-order valence-corrected chi connectivity index (χ1v) is 10.4. The summed E-state index contributed by atoms with van der Waals surface area (Å²) in [5, 5.41) is 20.9. The second-order valence-corrected chi connectivity index (χ2v) is 7.99. The maximum absolute atomic E-state index is 12.1. The van der Waals surface area contributed by atoms with E-state index in [9.17, 15) is 9.90 Å². The van der Waals surface area contributed by atoms with Gasteiger partial charge < -0.3 is 5.11 Å². The van der Waals surface area contributed by atoms with E-state index in [0.29, 0.717) is 29.7 Å². The molecule has 0 bridgehead atoms. The lowest BCUT2D eigenvalue weighted by molar-refractivity contribution is 0.0693. The molecule has 1 aromatic carbocycles. The fourth-order valence-electron chi connectivity index (χ4n) is 3.93. The van der Waals surface area contributed by atoms with E-state index in [1.54, 1.807) is 23.5 Å². The third-order valence-corrected chi connectivity index (χ3v) is 6.17. The molecule has 2 aromatic heterocycles. The van der Waals surface area contributed by atoms with E-state index in [1.807, 2.05) is 23.6 Å². The summed E-state index contributed by atoms with van der Waals surface area (Å²) in [5.74, 6) is -0.877. The van der Waals surface area contributed by atoms with Crippen molar-refractivity contribution in [2.75, 3.05) is 0 Å². The minimum Gasteiger partial charge on any atom is -0.478 e. The van der Waals surface area contributed by atoms with E-state index in [1.165, 1.54) is 0 Å². The predicted molar refractivity (Wildman–Crippen MR) is 110 cm³/mol. The van der Waals surface area contributed by atoms with Crippen LogP contribution in [0.25, 0.3) is 10.6 Å². The molecule has 0 amide bonds. The molecule has 28 heavy (non-hydrogen) atoms. The SMILES string of the molecule is N#Cc1ccc(CCc2nc(-c3cccs3)c3c(c2C(=O)O)CCCC3)cc1. The van der Waals surface area contributed by atoms with Crippen molar-refractivity contribution in [1.29, 1.82) is 5.26 Å². The van der Waals surface area contributed by atoms with E-state index in [-0.39, 0.29) is 0 Å². The van der Waals surface area contributed by atoms with E-state index in [0.717, 1.165) is 52.9 Å². The zero-order valence-corrected chi connectivity index (χ0v) is 16.3. The van der Waals surface area contributed by atoms with Crippen molar-refractivity contribution in [3.63, 3.8) is 0 Å². The molecule has 0 atom stereocenters. The van der Waals surface area contributed by atoms with Crippen LogP contribution in [-0.2, 0) is 25.7 Å². The molecule has 1 N–H and O–H groups in total. The smallest absolute Gasteiger partial charge is 0.337 e. The second-order valence-electron chi connectivity index (χ2n) is 7.04. The molecule has 3 aromatic rings. The van der Waals surface area contributed by atoms with Gasteiger partial charge in [-0.3, -0.25) is 4.98 Å². The lowest BCUT2D eigenvalue weighted by Gasteiger charge is -2.23. The van der Waals surface area contributed by atoms with Crippen molar-refractivity contribution in [1.82, 2.24) is 4.98 Å². The van der Waals surface area contributed by atoms with Gasteiger partial charge in [0.15, 0.2) is 0 Å². The quantitative estimate of drug-likeness (QED) is 0.664. The number of carboxylic acids is 1. The topological polar surface area (TPSA) is 74.0 Å². The first kappa shape index (κ1) is 18.4. The largest absolute Gasteiger partial charge is 0.478 e. The monoisotopic (exact) mass is 388 g/mol. The normalized spacial score (nSPS) is 13.0. The fraction of sp³-hybridized carbons (Fsp3) is 0.261. The third-order valence-electron chi connectivity index (χ3n) is 5.29. The molecule has 0 unspecified atom stereocenters. The highest BCUT2D eigenvalue weighted by Crippen LogP contribution is 2.36. The zero-order chi connectivity index (χ0) is 19.5. The van der Waals surface area contributed by atoms with Crippen molar-refractivity contribution in [2.45, 2.75) is 38.5 Å². The van der Waals surface area contributed by atoms with Crippen LogP contribution in [0.2, 0.25) is 0 Å². The summed E-state index contributed by atoms with van der Waals surface area (Å²) in [4.78, 5) is 18.1. The first-order valence-electron chi connectivity index (χ1n) is 9.48. The lowest BCUT2D eigenvalue weighted by atomic mass is 9.85. The molecule has 0 fully saturated rings. The average Bonchev–Trinajstić information content (AvgIpc) is 3.26. The van der Waals surface area contributed by atoms with E-state index in [4.69, 9.17) is 10.2 Å². The van der Waals surface area contributed by atoms with Gasteiger partial charge in [-0.25, -0.2) is 4.79 Å². The number of aromatic nitrogens is 1. The van der Waals surface area contributed by atoms with Gasteiger partial charge in [-0.05, 0) is 78.8 Å². The summed E-state index contributed by atoms with van der Waals surface area (Å²) >= 11 is 1.65. The van der Waals surface area contributed by atoms with Gasteiger partial charge in [0.1, 0.15) is 0 Å². The molecular weight excluding hydrogens is 368 g/mol. The number of aromatic carboxylic acids is 1. The summed E-state index contributed by atoms with van der Waals surface area (Å²) in [6.07, 6.45) is 5.07. The van der Waals surface area contributed by atoms with Crippen LogP contribution in [0.15, 0.2) is 41.8 Å². The van der Waals surface area contributed by atoms with Gasteiger partial charge in [0.2, 0.25) is 0 Å². The number of nitrogens with zero attached hydrogens (tertiary/aromatic N) is 2. The van der Waals surface area contributed by atoms with E-state index < -0.39 is 5.97 Å². The molecule has 0 saturated heterocycles. The van der Waals surface area contributed by atoms with Gasteiger partial charge in [-0.1, -0.05) is 18.2 Å². The van der Waals surface area contributed by atoms with Gasteiger partial charge in [-0.2, -0.15) is 5.26 Å². The highest BCUT2D eigenvalue weighted by Gasteiger charge is 2.26. The van der Waals surface area contributed by atoms with Crippen LogP contribution in [0.1, 0.15) is 51.1 Å². The fourth-order valence-corrected chi connectivity index (χ4v) is 4.68. The van der Waals surface area contributed by atoms with E-state index in [2.05, 4.69) is 12.1 Å². The van der Waals surface area contributed by atoms with Crippen molar-refractivity contribution in [2.24, 2.45) is 0 Å². The van der Waals surface area contributed by atoms with E-state index >= 15 is 0 Å². The van der Waals surface area contributed by atoms with Gasteiger partial charge in [0.25, 0.3) is 0 Å². The molecule has 0 aliphatic heterocycles. The number of hydrogen-bond acceptors (Lipinski definition) is 4. The Hall–Kier alpha value is -2.97. The van der Waals surface area contributed by atoms with Gasteiger partial charge in [0, 0.05) is 0 Å². The van der Waals surface area contributed by atoms with Crippen LogP contribution >= 0.6 is 11.3 Å². The Bertz CT molecular complexity index is 1050. The predicted octanol–water partition coefficient (Wildman–Crippen LogP) is 5.04. The molecule has 5 heteroatoms. The van der Waals surface area contributed by atoms with Gasteiger partial charge in [-0.15, -0.1) is 11.3 Å². The number of carboxylic acid groups (broad SMARTS) is 1. The Labute approximate surface area is 168 Å². The summed E-state index contributed by atoms with van der Waals surface area (Å²) in [6, 6.07) is 13.6. The van der Waals surface area contributed by atoms with Crippen LogP contribution in [0.4, 0.5) is 0 Å². The number of rotatable bonds is 5. The molecule has 4 nitrogen and oxygen atoms in total. The lowest BCUT2D eigenvalue weighted by Crippen LogP contribution is -2.17. The maximum Gasteiger partial charge on any atom is 0.337 e. The highest BCUT2D eigenvalue weighted by molar-refractivity contribution is 7.13. The molecule has 0 saturated carbocycles. The van der Waals surface area contributed by atoms with Crippen LogP contribution in [0.5, 0.6) is 0 Å². The molecular formula is C23H20N2O2S. The number of carbonyl (C=O) groups is 1. The molecule has 0 radical (unpaired) electrons. The molecule has 1 aliphatic carbocycles. The Balaban J connectivity index is 1.75.